The van der Waals surface area contributed by atoms with Crippen LogP contribution >= 0.6 is 0 Å². The highest BCUT2D eigenvalue weighted by Gasteiger charge is 2.20. The van der Waals surface area contributed by atoms with Gasteiger partial charge in [0, 0.05) is 18.0 Å². The molecule has 2 aromatic carbocycles. The van der Waals surface area contributed by atoms with E-state index in [1.165, 1.54) is 7.11 Å². The standard InChI is InChI=1S/C23H24N4O3/c1-15(2)14-30-18-9-5-7-16(11-18)21-12-19(23(28)29-4)25-27(21)20-10-6-8-17-13-24-26(3)22(17)20/h5-13,15H,14H2,1-4H3. The molecule has 4 aromatic rings. The first-order valence-electron chi connectivity index (χ1n) is 9.80. The first-order valence-corrected chi connectivity index (χ1v) is 9.80. The molecule has 0 fully saturated rings. The van der Waals surface area contributed by atoms with E-state index in [1.807, 2.05) is 55.7 Å². The lowest BCUT2D eigenvalue weighted by Gasteiger charge is -2.12. The number of rotatable bonds is 6. The zero-order valence-electron chi connectivity index (χ0n) is 17.5. The zero-order chi connectivity index (χ0) is 21.3. The van der Waals surface area contributed by atoms with Crippen molar-refractivity contribution >= 4 is 16.9 Å². The van der Waals surface area contributed by atoms with Gasteiger partial charge in [-0.05, 0) is 30.2 Å². The van der Waals surface area contributed by atoms with E-state index in [-0.39, 0.29) is 5.69 Å². The van der Waals surface area contributed by atoms with Crippen molar-refractivity contribution in [1.82, 2.24) is 19.6 Å². The molecule has 0 aliphatic rings. The van der Waals surface area contributed by atoms with Gasteiger partial charge in [0.15, 0.2) is 5.69 Å². The maximum Gasteiger partial charge on any atom is 0.358 e. The number of nitrogens with zero attached hydrogens (tertiary/aromatic N) is 4. The Labute approximate surface area is 174 Å². The second-order valence-electron chi connectivity index (χ2n) is 7.53. The Balaban J connectivity index is 1.88. The molecule has 0 bridgehead atoms. The van der Waals surface area contributed by atoms with Crippen molar-refractivity contribution in [2.75, 3.05) is 13.7 Å². The van der Waals surface area contributed by atoms with Crippen LogP contribution in [0.1, 0.15) is 24.3 Å². The molecule has 30 heavy (non-hydrogen) atoms. The van der Waals surface area contributed by atoms with Gasteiger partial charge in [0.25, 0.3) is 0 Å². The number of hydrogen-bond acceptors (Lipinski definition) is 5. The summed E-state index contributed by atoms with van der Waals surface area (Å²) < 4.78 is 14.4. The number of aromatic nitrogens is 4. The Kier molecular flexibility index (Phi) is 5.27. The number of hydrogen-bond donors (Lipinski definition) is 0. The van der Waals surface area contributed by atoms with Crippen LogP contribution in [0.3, 0.4) is 0 Å². The van der Waals surface area contributed by atoms with E-state index in [1.54, 1.807) is 15.4 Å². The lowest BCUT2D eigenvalue weighted by Crippen LogP contribution is -2.06. The number of esters is 1. The molecule has 7 nitrogen and oxygen atoms in total. The van der Waals surface area contributed by atoms with Crippen molar-refractivity contribution in [3.05, 3.63) is 60.4 Å². The molecule has 0 aliphatic carbocycles. The molecular formula is C23H24N4O3. The van der Waals surface area contributed by atoms with Crippen LogP contribution in [0.15, 0.2) is 54.7 Å². The van der Waals surface area contributed by atoms with Gasteiger partial charge in [-0.2, -0.15) is 10.2 Å². The van der Waals surface area contributed by atoms with Crippen molar-refractivity contribution in [3.63, 3.8) is 0 Å². The van der Waals surface area contributed by atoms with E-state index in [0.717, 1.165) is 33.6 Å². The van der Waals surface area contributed by atoms with Crippen LogP contribution in [0, 0.1) is 5.92 Å². The molecule has 0 amide bonds. The normalized spacial score (nSPS) is 11.2. The lowest BCUT2D eigenvalue weighted by molar-refractivity contribution is 0.0593. The maximum atomic E-state index is 12.2. The molecule has 2 heterocycles. The number of ether oxygens (including phenoxy) is 2. The summed E-state index contributed by atoms with van der Waals surface area (Å²) in [4.78, 5) is 12.2. The average Bonchev–Trinajstić information content (AvgIpc) is 3.36. The Morgan fingerprint density at radius 3 is 2.70 bits per heavy atom. The summed E-state index contributed by atoms with van der Waals surface area (Å²) >= 11 is 0. The molecule has 4 rings (SSSR count). The fourth-order valence-electron chi connectivity index (χ4n) is 3.37. The van der Waals surface area contributed by atoms with Gasteiger partial charge in [-0.25, -0.2) is 9.48 Å². The van der Waals surface area contributed by atoms with E-state index in [9.17, 15) is 4.79 Å². The van der Waals surface area contributed by atoms with Crippen LogP contribution in [0.2, 0.25) is 0 Å². The number of fused-ring (bicyclic) bond motifs is 1. The van der Waals surface area contributed by atoms with Crippen molar-refractivity contribution in [1.29, 1.82) is 0 Å². The molecule has 154 valence electrons. The zero-order valence-corrected chi connectivity index (χ0v) is 17.5. The van der Waals surface area contributed by atoms with Crippen LogP contribution in [0.5, 0.6) is 5.75 Å². The third kappa shape index (κ3) is 3.66. The third-order valence-electron chi connectivity index (χ3n) is 4.78. The number of carbonyl (C=O) groups excluding carboxylic acids is 1. The van der Waals surface area contributed by atoms with Crippen LogP contribution in [0.25, 0.3) is 27.8 Å². The molecule has 0 radical (unpaired) electrons. The molecule has 7 heteroatoms. The SMILES string of the molecule is COC(=O)c1cc(-c2cccc(OCC(C)C)c2)n(-c2cccc3cnn(C)c23)n1. The van der Waals surface area contributed by atoms with Crippen molar-refractivity contribution < 1.29 is 14.3 Å². The summed E-state index contributed by atoms with van der Waals surface area (Å²) in [7, 11) is 3.24. The van der Waals surface area contributed by atoms with Crippen LogP contribution in [-0.4, -0.2) is 39.2 Å². The number of para-hydroxylation sites is 1. The largest absolute Gasteiger partial charge is 0.493 e. The fourth-order valence-corrected chi connectivity index (χ4v) is 3.37. The van der Waals surface area contributed by atoms with Gasteiger partial charge in [-0.3, -0.25) is 4.68 Å². The van der Waals surface area contributed by atoms with Crippen LogP contribution in [0.4, 0.5) is 0 Å². The minimum atomic E-state index is -0.487. The minimum absolute atomic E-state index is 0.236. The molecule has 0 unspecified atom stereocenters. The molecule has 0 atom stereocenters. The minimum Gasteiger partial charge on any atom is -0.493 e. The van der Waals surface area contributed by atoms with Crippen molar-refractivity contribution in [2.45, 2.75) is 13.8 Å². The van der Waals surface area contributed by atoms with Gasteiger partial charge in [0.2, 0.25) is 0 Å². The van der Waals surface area contributed by atoms with Crippen LogP contribution in [-0.2, 0) is 11.8 Å². The molecule has 2 aromatic heterocycles. The second kappa shape index (κ2) is 8.02. The predicted molar refractivity (Wildman–Crippen MR) is 115 cm³/mol. The summed E-state index contributed by atoms with van der Waals surface area (Å²) in [6.45, 7) is 4.84. The predicted octanol–water partition coefficient (Wildman–Crippen LogP) is 4.25. The maximum absolute atomic E-state index is 12.2. The van der Waals surface area contributed by atoms with E-state index >= 15 is 0 Å². The summed E-state index contributed by atoms with van der Waals surface area (Å²) in [6, 6.07) is 15.4. The first-order chi connectivity index (χ1) is 14.5. The topological polar surface area (TPSA) is 71.2 Å². The third-order valence-corrected chi connectivity index (χ3v) is 4.78. The van der Waals surface area contributed by atoms with Gasteiger partial charge >= 0.3 is 5.97 Å². The quantitative estimate of drug-likeness (QED) is 0.449. The average molecular weight is 404 g/mol. The number of carbonyl (C=O) groups is 1. The number of aryl methyl sites for hydroxylation is 1. The molecule has 0 saturated heterocycles. The Hall–Kier alpha value is -3.61. The highest BCUT2D eigenvalue weighted by molar-refractivity contribution is 5.91. The number of methoxy groups -OCH3 is 1. The van der Waals surface area contributed by atoms with Gasteiger partial charge in [0.05, 0.1) is 36.8 Å². The molecule has 0 spiro atoms. The van der Waals surface area contributed by atoms with E-state index in [4.69, 9.17) is 9.47 Å². The highest BCUT2D eigenvalue weighted by Crippen LogP contribution is 2.30. The molecule has 0 saturated carbocycles. The second-order valence-corrected chi connectivity index (χ2v) is 7.53. The van der Waals surface area contributed by atoms with Crippen molar-refractivity contribution in [2.24, 2.45) is 13.0 Å². The van der Waals surface area contributed by atoms with Gasteiger partial charge in [-0.1, -0.05) is 38.1 Å². The Bertz CT molecular complexity index is 1210. The first kappa shape index (κ1) is 19.7. The van der Waals surface area contributed by atoms with E-state index < -0.39 is 5.97 Å². The summed E-state index contributed by atoms with van der Waals surface area (Å²) in [5.74, 6) is 0.708. The molecular weight excluding hydrogens is 380 g/mol. The van der Waals surface area contributed by atoms with Crippen LogP contribution < -0.4 is 4.74 Å². The number of benzene rings is 2. The monoisotopic (exact) mass is 404 g/mol. The summed E-state index contributed by atoms with van der Waals surface area (Å²) in [6.07, 6.45) is 1.81. The van der Waals surface area contributed by atoms with E-state index in [0.29, 0.717) is 12.5 Å². The smallest absolute Gasteiger partial charge is 0.358 e. The lowest BCUT2D eigenvalue weighted by atomic mass is 10.1. The Morgan fingerprint density at radius 2 is 1.93 bits per heavy atom. The highest BCUT2D eigenvalue weighted by atomic mass is 16.5. The fraction of sp³-hybridized carbons (Fsp3) is 0.261. The van der Waals surface area contributed by atoms with Gasteiger partial charge in [-0.15, -0.1) is 0 Å². The summed E-state index contributed by atoms with van der Waals surface area (Å²) in [5, 5.41) is 9.91. The summed E-state index contributed by atoms with van der Waals surface area (Å²) in [5.41, 5.74) is 3.63. The molecule has 0 N–H and O–H groups in total. The molecule has 0 aliphatic heterocycles. The van der Waals surface area contributed by atoms with E-state index in [2.05, 4.69) is 24.0 Å². The van der Waals surface area contributed by atoms with Crippen molar-refractivity contribution in [3.8, 4) is 22.7 Å². The Morgan fingerprint density at radius 1 is 1.13 bits per heavy atom. The van der Waals surface area contributed by atoms with Gasteiger partial charge < -0.3 is 9.47 Å². The van der Waals surface area contributed by atoms with Gasteiger partial charge in [0.1, 0.15) is 5.75 Å².